The monoisotopic (exact) mass is 522 g/mol. The van der Waals surface area contributed by atoms with Gasteiger partial charge < -0.3 is 15.4 Å². The fourth-order valence-corrected chi connectivity index (χ4v) is 5.11. The fourth-order valence-electron chi connectivity index (χ4n) is 5.11. The lowest BCUT2D eigenvalue weighted by molar-refractivity contribution is -0.143. The van der Waals surface area contributed by atoms with Gasteiger partial charge in [0.2, 0.25) is 5.91 Å². The summed E-state index contributed by atoms with van der Waals surface area (Å²) in [5, 5.41) is 6.48. The third-order valence-electron chi connectivity index (χ3n) is 6.54. The Hall–Kier alpha value is -2.30. The molecule has 0 aliphatic carbocycles. The van der Waals surface area contributed by atoms with E-state index in [9.17, 15) is 31.1 Å². The van der Waals surface area contributed by atoms with Crippen molar-refractivity contribution in [2.24, 2.45) is 0 Å². The zero-order valence-electron chi connectivity index (χ0n) is 18.7. The topological polar surface area (TPSA) is 50.4 Å². The van der Waals surface area contributed by atoms with Crippen LogP contribution in [0.3, 0.4) is 0 Å². The molecule has 1 amide bonds. The van der Waals surface area contributed by atoms with Crippen LogP contribution in [0.1, 0.15) is 48.4 Å². The van der Waals surface area contributed by atoms with Crippen molar-refractivity contribution in [2.75, 3.05) is 0 Å². The van der Waals surface area contributed by atoms with Gasteiger partial charge in [-0.15, -0.1) is 12.4 Å². The number of fused-ring (bicyclic) bond motifs is 2. The van der Waals surface area contributed by atoms with E-state index in [-0.39, 0.29) is 42.0 Å². The van der Waals surface area contributed by atoms with Crippen LogP contribution >= 0.6 is 12.4 Å². The highest BCUT2D eigenvalue weighted by molar-refractivity contribution is 5.85. The molecule has 2 aliphatic heterocycles. The molecule has 0 spiro atoms. The number of hydrogen-bond donors (Lipinski definition) is 2. The highest BCUT2D eigenvalue weighted by atomic mass is 35.5. The van der Waals surface area contributed by atoms with Gasteiger partial charge in [0, 0.05) is 19.0 Å². The summed E-state index contributed by atoms with van der Waals surface area (Å²) in [6.07, 6.45) is -8.69. The number of rotatable bonds is 5. The highest BCUT2D eigenvalue weighted by Gasteiger charge is 2.54. The van der Waals surface area contributed by atoms with Crippen molar-refractivity contribution < 1.29 is 35.9 Å². The van der Waals surface area contributed by atoms with Crippen molar-refractivity contribution in [3.05, 3.63) is 70.8 Å². The fraction of sp³-hybridized carbons (Fsp3) is 0.458. The van der Waals surface area contributed by atoms with E-state index in [1.165, 1.54) is 6.92 Å². The molecule has 11 heteroatoms. The number of hydrogen-bond acceptors (Lipinski definition) is 3. The molecule has 2 fully saturated rings. The summed E-state index contributed by atoms with van der Waals surface area (Å²) in [5.41, 5.74) is -2.79. The zero-order chi connectivity index (χ0) is 24.7. The summed E-state index contributed by atoms with van der Waals surface area (Å²) in [7, 11) is 0. The minimum absolute atomic E-state index is 0. The molecule has 2 saturated heterocycles. The first kappa shape index (κ1) is 27.3. The molecule has 0 radical (unpaired) electrons. The number of piperidine rings is 1. The second kappa shape index (κ2) is 9.99. The van der Waals surface area contributed by atoms with Crippen LogP contribution < -0.4 is 10.6 Å². The Morgan fingerprint density at radius 2 is 1.63 bits per heavy atom. The van der Waals surface area contributed by atoms with Gasteiger partial charge in [-0.3, -0.25) is 4.79 Å². The molecule has 4 nitrogen and oxygen atoms in total. The van der Waals surface area contributed by atoms with E-state index in [1.807, 2.05) is 30.3 Å². The molecule has 0 aromatic heterocycles. The lowest BCUT2D eigenvalue weighted by atomic mass is 9.80. The zero-order valence-corrected chi connectivity index (χ0v) is 19.5. The summed E-state index contributed by atoms with van der Waals surface area (Å²) < 4.78 is 85.4. The Balaban J connectivity index is 0.00000342. The number of amides is 1. The quantitative estimate of drug-likeness (QED) is 0.504. The molecule has 4 atom stereocenters. The second-order valence-electron chi connectivity index (χ2n) is 8.89. The van der Waals surface area contributed by atoms with Gasteiger partial charge in [-0.05, 0) is 48.6 Å². The Morgan fingerprint density at radius 3 is 2.17 bits per heavy atom. The second-order valence-corrected chi connectivity index (χ2v) is 8.89. The van der Waals surface area contributed by atoms with Crippen LogP contribution in [0, 0.1) is 0 Å². The Bertz CT molecular complexity index is 1010. The van der Waals surface area contributed by atoms with E-state index in [1.54, 1.807) is 0 Å². The molecule has 192 valence electrons. The molecule has 2 bridgehead atoms. The number of benzene rings is 2. The standard InChI is InChI=1S/C24H24F6N2O2.ClH/c1-14(33)31-20-12-22(16-5-3-2-4-6-16)21(8-7-19(20)32-22)34-13-15-9-17(23(25,26)27)11-18(10-15)24(28,29)30;/h2-6,9-11,19-21,32H,7-8,12-13H2,1H3,(H,31,33);1H/t19-,20+,21+,22+;/m0./s1. The summed E-state index contributed by atoms with van der Waals surface area (Å²) in [6.45, 7) is 1.01. The van der Waals surface area contributed by atoms with Crippen LogP contribution in [-0.2, 0) is 34.0 Å². The Labute approximate surface area is 204 Å². The Morgan fingerprint density at radius 1 is 1.03 bits per heavy atom. The maximum atomic E-state index is 13.2. The third-order valence-corrected chi connectivity index (χ3v) is 6.54. The van der Waals surface area contributed by atoms with Gasteiger partial charge in [-0.1, -0.05) is 30.3 Å². The van der Waals surface area contributed by atoms with E-state index in [4.69, 9.17) is 4.74 Å². The maximum absolute atomic E-state index is 13.2. The smallest absolute Gasteiger partial charge is 0.371 e. The Kier molecular flexibility index (Phi) is 7.79. The first-order chi connectivity index (χ1) is 15.9. The molecule has 0 unspecified atom stereocenters. The van der Waals surface area contributed by atoms with Crippen molar-refractivity contribution in [3.8, 4) is 0 Å². The minimum Gasteiger partial charge on any atom is -0.371 e. The third kappa shape index (κ3) is 5.76. The van der Waals surface area contributed by atoms with Gasteiger partial charge in [-0.25, -0.2) is 0 Å². The van der Waals surface area contributed by atoms with Crippen molar-refractivity contribution in [1.82, 2.24) is 10.6 Å². The van der Waals surface area contributed by atoms with Gasteiger partial charge >= 0.3 is 12.4 Å². The van der Waals surface area contributed by atoms with Crippen LogP contribution in [0.2, 0.25) is 0 Å². The van der Waals surface area contributed by atoms with Gasteiger partial charge in [0.1, 0.15) is 0 Å². The highest BCUT2D eigenvalue weighted by Crippen LogP contribution is 2.45. The molecule has 2 heterocycles. The van der Waals surface area contributed by atoms with Gasteiger partial charge in [0.05, 0.1) is 29.4 Å². The maximum Gasteiger partial charge on any atom is 0.416 e. The van der Waals surface area contributed by atoms with E-state index >= 15 is 0 Å². The molecule has 2 N–H and O–H groups in total. The molecular formula is C24H25ClF6N2O2. The van der Waals surface area contributed by atoms with Crippen LogP contribution in [-0.4, -0.2) is 24.1 Å². The van der Waals surface area contributed by atoms with Crippen LogP contribution in [0.25, 0.3) is 0 Å². The number of ether oxygens (including phenoxy) is 1. The molecular weight excluding hydrogens is 498 g/mol. The lowest BCUT2D eigenvalue weighted by Gasteiger charge is -2.42. The van der Waals surface area contributed by atoms with E-state index in [0.717, 1.165) is 5.56 Å². The van der Waals surface area contributed by atoms with Gasteiger partial charge in [0.15, 0.2) is 0 Å². The largest absolute Gasteiger partial charge is 0.416 e. The number of carbonyl (C=O) groups is 1. The first-order valence-electron chi connectivity index (χ1n) is 10.9. The van der Waals surface area contributed by atoms with Crippen molar-refractivity contribution >= 4 is 18.3 Å². The number of carbonyl (C=O) groups excluding carboxylic acids is 1. The number of halogens is 7. The lowest BCUT2D eigenvalue weighted by Crippen LogP contribution is -2.55. The van der Waals surface area contributed by atoms with Crippen molar-refractivity contribution in [2.45, 2.75) is 68.9 Å². The normalized spacial score (nSPS) is 26.2. The van der Waals surface area contributed by atoms with Crippen LogP contribution in [0.5, 0.6) is 0 Å². The predicted molar refractivity (Wildman–Crippen MR) is 119 cm³/mol. The molecule has 35 heavy (non-hydrogen) atoms. The molecule has 2 aromatic carbocycles. The summed E-state index contributed by atoms with van der Waals surface area (Å²) in [5.74, 6) is -0.177. The van der Waals surface area contributed by atoms with Gasteiger partial charge in [0.25, 0.3) is 0 Å². The van der Waals surface area contributed by atoms with E-state index < -0.39 is 41.7 Å². The van der Waals surface area contributed by atoms with E-state index in [0.29, 0.717) is 31.4 Å². The summed E-state index contributed by atoms with van der Waals surface area (Å²) in [4.78, 5) is 11.7. The van der Waals surface area contributed by atoms with Crippen molar-refractivity contribution in [3.63, 3.8) is 0 Å². The molecule has 2 aliphatic rings. The van der Waals surface area contributed by atoms with Crippen LogP contribution in [0.15, 0.2) is 48.5 Å². The van der Waals surface area contributed by atoms with Crippen LogP contribution in [0.4, 0.5) is 26.3 Å². The number of alkyl halides is 6. The average Bonchev–Trinajstić information content (AvgIpc) is 3.05. The SMILES string of the molecule is CC(=O)N[C@@H]1C[C@]2(c3ccccc3)N[C@H]1CC[C@H]2OCc1cc(C(F)(F)F)cc(C(F)(F)F)c1.Cl. The predicted octanol–water partition coefficient (Wildman–Crippen LogP) is 5.59. The van der Waals surface area contributed by atoms with E-state index in [2.05, 4.69) is 10.6 Å². The average molecular weight is 523 g/mol. The minimum atomic E-state index is -4.92. The molecule has 4 rings (SSSR count). The molecule has 0 saturated carbocycles. The summed E-state index contributed by atoms with van der Waals surface area (Å²) in [6, 6.07) is 10.6. The number of nitrogens with one attached hydrogen (secondary N) is 2. The van der Waals surface area contributed by atoms with Gasteiger partial charge in [-0.2, -0.15) is 26.3 Å². The first-order valence-corrected chi connectivity index (χ1v) is 10.9. The van der Waals surface area contributed by atoms with Crippen molar-refractivity contribution in [1.29, 1.82) is 0 Å². The summed E-state index contributed by atoms with van der Waals surface area (Å²) >= 11 is 0. The molecule has 2 aromatic rings.